The van der Waals surface area contributed by atoms with Gasteiger partial charge in [-0.25, -0.2) is 8.42 Å². The Labute approximate surface area is 110 Å². The van der Waals surface area contributed by atoms with Crippen molar-refractivity contribution in [3.05, 3.63) is 30.5 Å². The molecule has 0 bridgehead atoms. The van der Waals surface area contributed by atoms with Gasteiger partial charge in [-0.1, -0.05) is 4.47 Å². The van der Waals surface area contributed by atoms with E-state index >= 15 is 0 Å². The normalized spacial score (nSPS) is 17.1. The highest BCUT2D eigenvalue weighted by atomic mass is 32.2. The van der Waals surface area contributed by atoms with Crippen molar-refractivity contribution in [2.75, 3.05) is 18.9 Å². The van der Waals surface area contributed by atoms with Gasteiger partial charge in [0.1, 0.15) is 4.90 Å². The van der Waals surface area contributed by atoms with Crippen LogP contribution in [0.25, 0.3) is 10.9 Å². The molecule has 0 atom stereocenters. The van der Waals surface area contributed by atoms with Crippen LogP contribution in [-0.2, 0) is 14.9 Å². The zero-order valence-corrected chi connectivity index (χ0v) is 10.9. The number of nitrogen functional groups attached to an aromatic ring is 1. The SMILES string of the molecule is Nc1ccc(S(=O)(=O)N2CCCO2)c2ncccc12. The molecule has 3 rings (SSSR count). The van der Waals surface area contributed by atoms with Gasteiger partial charge in [0.05, 0.1) is 12.1 Å². The van der Waals surface area contributed by atoms with E-state index in [1.807, 2.05) is 0 Å². The highest BCUT2D eigenvalue weighted by Gasteiger charge is 2.30. The Bertz CT molecular complexity index is 724. The summed E-state index contributed by atoms with van der Waals surface area (Å²) < 4.78 is 26.0. The van der Waals surface area contributed by atoms with E-state index in [9.17, 15) is 8.42 Å². The first kappa shape index (κ1) is 12.3. The molecule has 2 N–H and O–H groups in total. The molecule has 0 spiro atoms. The van der Waals surface area contributed by atoms with E-state index in [1.54, 1.807) is 24.4 Å². The van der Waals surface area contributed by atoms with E-state index in [-0.39, 0.29) is 4.90 Å². The maximum Gasteiger partial charge on any atom is 0.267 e. The summed E-state index contributed by atoms with van der Waals surface area (Å²) in [5.74, 6) is 0. The van der Waals surface area contributed by atoms with Gasteiger partial charge >= 0.3 is 0 Å². The average molecular weight is 279 g/mol. The fourth-order valence-electron chi connectivity index (χ4n) is 2.10. The molecule has 6 nitrogen and oxygen atoms in total. The van der Waals surface area contributed by atoms with Crippen molar-refractivity contribution in [1.29, 1.82) is 0 Å². The standard InChI is InChI=1S/C12H13N3O3S/c13-10-4-5-11(12-9(10)3-1-6-14-12)19(16,17)15-7-2-8-18-15/h1,3-6H,2,7-8,13H2. The molecule has 2 heterocycles. The van der Waals surface area contributed by atoms with Crippen molar-refractivity contribution >= 4 is 26.6 Å². The lowest BCUT2D eigenvalue weighted by Crippen LogP contribution is -2.27. The number of anilines is 1. The van der Waals surface area contributed by atoms with Crippen LogP contribution in [0.3, 0.4) is 0 Å². The quantitative estimate of drug-likeness (QED) is 0.833. The van der Waals surface area contributed by atoms with Crippen LogP contribution in [0.15, 0.2) is 35.4 Å². The predicted octanol–water partition coefficient (Wildman–Crippen LogP) is 1.14. The fourth-order valence-corrected chi connectivity index (χ4v) is 3.55. The number of aromatic nitrogens is 1. The molecular formula is C12H13N3O3S. The Morgan fingerprint density at radius 3 is 2.89 bits per heavy atom. The number of sulfonamides is 1. The number of nitrogens with two attached hydrogens (primary N) is 1. The average Bonchev–Trinajstić information content (AvgIpc) is 2.94. The Hall–Kier alpha value is -1.70. The third-order valence-corrected chi connectivity index (χ3v) is 4.74. The van der Waals surface area contributed by atoms with Crippen LogP contribution in [0.4, 0.5) is 5.69 Å². The summed E-state index contributed by atoms with van der Waals surface area (Å²) in [6, 6.07) is 6.53. The second-order valence-corrected chi connectivity index (χ2v) is 6.07. The lowest BCUT2D eigenvalue weighted by atomic mass is 10.2. The molecule has 0 unspecified atom stereocenters. The lowest BCUT2D eigenvalue weighted by molar-refractivity contribution is -0.0283. The summed E-state index contributed by atoms with van der Waals surface area (Å²) in [4.78, 5) is 9.40. The van der Waals surface area contributed by atoms with Crippen molar-refractivity contribution in [2.45, 2.75) is 11.3 Å². The number of hydrogen-bond donors (Lipinski definition) is 1. The first-order valence-corrected chi connectivity index (χ1v) is 7.33. The zero-order valence-electron chi connectivity index (χ0n) is 10.1. The third kappa shape index (κ3) is 1.95. The van der Waals surface area contributed by atoms with Crippen molar-refractivity contribution in [3.8, 4) is 0 Å². The fraction of sp³-hybridized carbons (Fsp3) is 0.250. The van der Waals surface area contributed by atoms with Gasteiger partial charge in [0, 0.05) is 23.8 Å². The van der Waals surface area contributed by atoms with Crippen LogP contribution < -0.4 is 5.73 Å². The van der Waals surface area contributed by atoms with Gasteiger partial charge in [0.25, 0.3) is 10.0 Å². The van der Waals surface area contributed by atoms with Gasteiger partial charge in [0.2, 0.25) is 0 Å². The van der Waals surface area contributed by atoms with Crippen LogP contribution in [0.5, 0.6) is 0 Å². The highest BCUT2D eigenvalue weighted by molar-refractivity contribution is 7.89. The number of nitrogens with zero attached hydrogens (tertiary/aromatic N) is 2. The minimum absolute atomic E-state index is 0.124. The Morgan fingerprint density at radius 2 is 2.16 bits per heavy atom. The number of hydroxylamine groups is 1. The highest BCUT2D eigenvalue weighted by Crippen LogP contribution is 2.29. The lowest BCUT2D eigenvalue weighted by Gasteiger charge is -2.15. The van der Waals surface area contributed by atoms with Crippen LogP contribution in [0, 0.1) is 0 Å². The predicted molar refractivity (Wildman–Crippen MR) is 70.6 cm³/mol. The molecule has 0 saturated carbocycles. The molecule has 1 aliphatic heterocycles. The smallest absolute Gasteiger partial charge is 0.267 e. The molecule has 1 aliphatic rings. The number of fused-ring (bicyclic) bond motifs is 1. The Morgan fingerprint density at radius 1 is 1.32 bits per heavy atom. The first-order chi connectivity index (χ1) is 9.10. The largest absolute Gasteiger partial charge is 0.398 e. The molecule has 1 aromatic heterocycles. The molecule has 19 heavy (non-hydrogen) atoms. The zero-order chi connectivity index (χ0) is 13.5. The number of benzene rings is 1. The molecule has 1 fully saturated rings. The minimum atomic E-state index is -3.69. The Balaban J connectivity index is 2.23. The summed E-state index contributed by atoms with van der Waals surface area (Å²) >= 11 is 0. The molecule has 0 radical (unpaired) electrons. The summed E-state index contributed by atoms with van der Waals surface area (Å²) in [7, 11) is -3.69. The Kier molecular flexibility index (Phi) is 2.89. The molecule has 0 amide bonds. The maximum atomic E-state index is 12.5. The first-order valence-electron chi connectivity index (χ1n) is 5.89. The molecule has 7 heteroatoms. The van der Waals surface area contributed by atoms with Crippen LogP contribution in [0.1, 0.15) is 6.42 Å². The maximum absolute atomic E-state index is 12.5. The van der Waals surface area contributed by atoms with Gasteiger partial charge < -0.3 is 5.73 Å². The van der Waals surface area contributed by atoms with Gasteiger partial charge in [0.15, 0.2) is 0 Å². The monoisotopic (exact) mass is 279 g/mol. The van der Waals surface area contributed by atoms with E-state index in [1.165, 1.54) is 6.07 Å². The van der Waals surface area contributed by atoms with Crippen molar-refractivity contribution in [1.82, 2.24) is 9.45 Å². The van der Waals surface area contributed by atoms with Gasteiger partial charge in [-0.3, -0.25) is 9.82 Å². The number of pyridine rings is 1. The van der Waals surface area contributed by atoms with Crippen molar-refractivity contribution in [2.24, 2.45) is 0 Å². The van der Waals surface area contributed by atoms with E-state index in [2.05, 4.69) is 4.98 Å². The number of rotatable bonds is 2. The number of hydrogen-bond acceptors (Lipinski definition) is 5. The second kappa shape index (κ2) is 4.44. The summed E-state index contributed by atoms with van der Waals surface area (Å²) in [5.41, 5.74) is 6.72. The summed E-state index contributed by atoms with van der Waals surface area (Å²) in [5, 5.41) is 0.628. The minimum Gasteiger partial charge on any atom is -0.398 e. The van der Waals surface area contributed by atoms with Crippen molar-refractivity contribution in [3.63, 3.8) is 0 Å². The van der Waals surface area contributed by atoms with Crippen LogP contribution >= 0.6 is 0 Å². The molecule has 1 aromatic carbocycles. The molecule has 1 saturated heterocycles. The molecule has 0 aliphatic carbocycles. The van der Waals surface area contributed by atoms with Crippen LogP contribution in [-0.4, -0.2) is 31.0 Å². The summed E-state index contributed by atoms with van der Waals surface area (Å²) in [6.07, 6.45) is 2.24. The van der Waals surface area contributed by atoms with E-state index < -0.39 is 10.0 Å². The second-order valence-electron chi connectivity index (χ2n) is 4.27. The van der Waals surface area contributed by atoms with E-state index in [0.29, 0.717) is 36.2 Å². The van der Waals surface area contributed by atoms with E-state index in [4.69, 9.17) is 10.6 Å². The topological polar surface area (TPSA) is 85.5 Å². The molecular weight excluding hydrogens is 266 g/mol. The van der Waals surface area contributed by atoms with Crippen molar-refractivity contribution < 1.29 is 13.3 Å². The van der Waals surface area contributed by atoms with Gasteiger partial charge in [-0.2, -0.15) is 0 Å². The summed E-state index contributed by atoms with van der Waals surface area (Å²) in [6.45, 7) is 0.778. The molecule has 100 valence electrons. The van der Waals surface area contributed by atoms with Gasteiger partial charge in [-0.15, -0.1) is 0 Å². The molecule has 2 aromatic rings. The third-order valence-electron chi connectivity index (χ3n) is 3.03. The van der Waals surface area contributed by atoms with Crippen LogP contribution in [0.2, 0.25) is 0 Å². The van der Waals surface area contributed by atoms with Gasteiger partial charge in [-0.05, 0) is 30.7 Å². The van der Waals surface area contributed by atoms with E-state index in [0.717, 1.165) is 4.47 Å².